The molecule has 11 heteroatoms. The highest BCUT2D eigenvalue weighted by Gasteiger charge is 2.47. The van der Waals surface area contributed by atoms with Gasteiger partial charge in [-0.3, -0.25) is 9.69 Å². The fourth-order valence-corrected chi connectivity index (χ4v) is 6.49. The minimum Gasteiger partial charge on any atom is -0.457 e. The predicted octanol–water partition coefficient (Wildman–Crippen LogP) is 3.77. The molecule has 0 radical (unpaired) electrons. The number of rotatable bonds is 12. The second-order valence-corrected chi connectivity index (χ2v) is 14.9. The van der Waals surface area contributed by atoms with E-state index in [0.29, 0.717) is 38.8 Å². The van der Waals surface area contributed by atoms with E-state index in [9.17, 15) is 24.9 Å². The van der Waals surface area contributed by atoms with E-state index >= 15 is 0 Å². The first-order valence-corrected chi connectivity index (χ1v) is 17.9. The number of aliphatic hydroxyl groups is 3. The molecule has 0 bridgehead atoms. The van der Waals surface area contributed by atoms with E-state index in [0.717, 1.165) is 31.8 Å². The molecule has 0 aromatic carbocycles. The number of carbonyl (C=O) groups is 2. The summed E-state index contributed by atoms with van der Waals surface area (Å²) in [7, 11) is 4.11. The number of epoxide rings is 1. The molecule has 48 heavy (non-hydrogen) atoms. The van der Waals surface area contributed by atoms with Crippen molar-refractivity contribution in [2.45, 2.75) is 116 Å². The second-order valence-electron chi connectivity index (χ2n) is 14.9. The summed E-state index contributed by atoms with van der Waals surface area (Å²) in [5.41, 5.74) is -0.356. The number of carbonyl (C=O) groups excluding carboxylic acids is 2. The minimum atomic E-state index is -1.13. The number of amides is 1. The molecule has 0 spiro atoms. The fraction of sp³-hybridized carbons (Fsp3) is 0.784. The molecule has 2 saturated heterocycles. The number of allylic oxidation sites excluding steroid dienone is 2. The Bertz CT molecular complexity index is 1120. The summed E-state index contributed by atoms with van der Waals surface area (Å²) in [6.07, 6.45) is 8.13. The Balaban J connectivity index is 1.67. The molecule has 10 unspecified atom stereocenters. The summed E-state index contributed by atoms with van der Waals surface area (Å²) in [6.45, 7) is 16.2. The molecule has 3 N–H and O–H groups in total. The van der Waals surface area contributed by atoms with Crippen LogP contribution in [-0.2, 0) is 19.0 Å². The summed E-state index contributed by atoms with van der Waals surface area (Å²) in [5, 5.41) is 31.8. The van der Waals surface area contributed by atoms with Crippen LogP contribution in [0.15, 0.2) is 36.0 Å². The lowest BCUT2D eigenvalue weighted by molar-refractivity contribution is -0.151. The predicted molar refractivity (Wildman–Crippen MR) is 186 cm³/mol. The van der Waals surface area contributed by atoms with E-state index < -0.39 is 36.0 Å². The van der Waals surface area contributed by atoms with Gasteiger partial charge in [0.15, 0.2) is 0 Å². The standard InChI is InChI=1S/C37H63N3O8/c1-9-30(42)28(5)35-32(46-35)24-37(6,45)16-10-11-26(3)34-27(4)13-15-31(25(2)12-14-29(41)23-33(43)48-34)47-36(44)40-21-19-39(20-22-40)18-17-38(7)8/h10-11,13,15-16,25,27-32,34-35,41-42,45H,9,12,14,17-24H2,1-8H3. The van der Waals surface area contributed by atoms with E-state index in [4.69, 9.17) is 14.2 Å². The lowest BCUT2D eigenvalue weighted by atomic mass is 9.91. The average molecular weight is 678 g/mol. The molecular weight excluding hydrogens is 614 g/mol. The zero-order valence-corrected chi connectivity index (χ0v) is 30.6. The number of piperazine rings is 1. The van der Waals surface area contributed by atoms with Gasteiger partial charge in [0.25, 0.3) is 0 Å². The first-order chi connectivity index (χ1) is 22.6. The summed E-state index contributed by atoms with van der Waals surface area (Å²) < 4.78 is 17.7. The number of ether oxygens (including phenoxy) is 3. The van der Waals surface area contributed by atoms with E-state index in [1.165, 1.54) is 0 Å². The normalized spacial score (nSPS) is 32.2. The second kappa shape index (κ2) is 18.6. The highest BCUT2D eigenvalue weighted by atomic mass is 16.6. The topological polar surface area (TPSA) is 136 Å². The van der Waals surface area contributed by atoms with Crippen molar-refractivity contribution in [2.75, 3.05) is 53.4 Å². The van der Waals surface area contributed by atoms with Gasteiger partial charge in [0.1, 0.15) is 12.2 Å². The highest BCUT2D eigenvalue weighted by Crippen LogP contribution is 2.37. The third-order valence-corrected chi connectivity index (χ3v) is 10.0. The molecule has 3 aliphatic rings. The lowest BCUT2D eigenvalue weighted by Gasteiger charge is -2.35. The minimum absolute atomic E-state index is 0.00523. The molecule has 3 heterocycles. The van der Waals surface area contributed by atoms with Gasteiger partial charge < -0.3 is 39.3 Å². The van der Waals surface area contributed by atoms with Gasteiger partial charge in [-0.1, -0.05) is 52.0 Å². The lowest BCUT2D eigenvalue weighted by Crippen LogP contribution is -2.50. The first-order valence-electron chi connectivity index (χ1n) is 17.9. The van der Waals surface area contributed by atoms with Crippen LogP contribution in [0.5, 0.6) is 0 Å². The van der Waals surface area contributed by atoms with Crippen LogP contribution < -0.4 is 0 Å². The summed E-state index contributed by atoms with van der Waals surface area (Å²) in [4.78, 5) is 32.4. The van der Waals surface area contributed by atoms with Gasteiger partial charge in [0.2, 0.25) is 0 Å². The van der Waals surface area contributed by atoms with Gasteiger partial charge in [-0.25, -0.2) is 4.79 Å². The summed E-state index contributed by atoms with van der Waals surface area (Å²) in [5.74, 6) is -0.785. The number of esters is 1. The number of hydrogen-bond acceptors (Lipinski definition) is 10. The largest absolute Gasteiger partial charge is 0.457 e. The van der Waals surface area contributed by atoms with Gasteiger partial charge in [-0.15, -0.1) is 0 Å². The summed E-state index contributed by atoms with van der Waals surface area (Å²) in [6, 6.07) is 0. The van der Waals surface area contributed by atoms with Crippen molar-refractivity contribution in [1.29, 1.82) is 0 Å². The Kier molecular flexibility index (Phi) is 15.6. The maximum Gasteiger partial charge on any atom is 0.410 e. The van der Waals surface area contributed by atoms with Crippen molar-refractivity contribution in [1.82, 2.24) is 14.7 Å². The van der Waals surface area contributed by atoms with Gasteiger partial charge in [0.05, 0.1) is 36.4 Å². The number of hydrogen-bond donors (Lipinski definition) is 3. The number of likely N-dealkylation sites (N-methyl/N-ethyl adjacent to an activating group) is 1. The Morgan fingerprint density at radius 2 is 1.88 bits per heavy atom. The molecule has 0 saturated carbocycles. The van der Waals surface area contributed by atoms with Crippen LogP contribution in [0.4, 0.5) is 4.79 Å². The number of aliphatic hydroxyl groups excluding tert-OH is 2. The zero-order chi connectivity index (χ0) is 35.6. The quantitative estimate of drug-likeness (QED) is 0.121. The van der Waals surface area contributed by atoms with Crippen LogP contribution in [0.25, 0.3) is 0 Å². The Morgan fingerprint density at radius 1 is 1.19 bits per heavy atom. The molecule has 1 amide bonds. The third-order valence-electron chi connectivity index (χ3n) is 10.0. The molecule has 0 aromatic rings. The molecule has 274 valence electrons. The van der Waals surface area contributed by atoms with E-state index in [-0.39, 0.29) is 42.5 Å². The monoisotopic (exact) mass is 677 g/mol. The Labute approximate surface area is 288 Å². The van der Waals surface area contributed by atoms with E-state index in [1.807, 2.05) is 52.8 Å². The smallest absolute Gasteiger partial charge is 0.410 e. The van der Waals surface area contributed by atoms with E-state index in [1.54, 1.807) is 24.0 Å². The van der Waals surface area contributed by atoms with Crippen molar-refractivity contribution < 1.29 is 39.1 Å². The SMILES string of the molecule is CCC(O)C(C)C1OC1CC(C)(O)C=CC=C(C)C1OC(=O)CC(O)CCC(C)C(OC(=O)N2CCN(CCN(C)C)CC2)C=CC1C. The van der Waals surface area contributed by atoms with E-state index in [2.05, 4.69) is 23.9 Å². The molecule has 0 aromatic heterocycles. The van der Waals surface area contributed by atoms with Crippen molar-refractivity contribution in [3.8, 4) is 0 Å². The van der Waals surface area contributed by atoms with Gasteiger partial charge in [-0.2, -0.15) is 0 Å². The van der Waals surface area contributed by atoms with Gasteiger partial charge >= 0.3 is 12.1 Å². The maximum absolute atomic E-state index is 13.3. The van der Waals surface area contributed by atoms with Crippen molar-refractivity contribution in [2.24, 2.45) is 17.8 Å². The van der Waals surface area contributed by atoms with Crippen LogP contribution in [0.2, 0.25) is 0 Å². The molecule has 2 fully saturated rings. The maximum atomic E-state index is 13.3. The molecule has 11 nitrogen and oxygen atoms in total. The average Bonchev–Trinajstić information content (AvgIpc) is 3.79. The van der Waals surface area contributed by atoms with Gasteiger partial charge in [-0.05, 0) is 64.8 Å². The fourth-order valence-electron chi connectivity index (χ4n) is 6.49. The molecule has 3 aliphatic heterocycles. The zero-order valence-electron chi connectivity index (χ0n) is 30.6. The first kappa shape index (κ1) is 40.2. The third kappa shape index (κ3) is 12.9. The number of cyclic esters (lactones) is 1. The van der Waals surface area contributed by atoms with Crippen LogP contribution in [-0.4, -0.2) is 138 Å². The van der Waals surface area contributed by atoms with Crippen LogP contribution in [0, 0.1) is 17.8 Å². The Morgan fingerprint density at radius 3 is 2.52 bits per heavy atom. The van der Waals surface area contributed by atoms with Crippen molar-refractivity contribution >= 4 is 12.1 Å². The van der Waals surface area contributed by atoms with Crippen molar-refractivity contribution in [3.63, 3.8) is 0 Å². The van der Waals surface area contributed by atoms with Gasteiger partial charge in [0, 0.05) is 57.5 Å². The molecule has 0 aliphatic carbocycles. The molecule has 3 rings (SSSR count). The van der Waals surface area contributed by atoms with Crippen LogP contribution >= 0.6 is 0 Å². The molecule has 10 atom stereocenters. The Hall–Kier alpha value is -2.28. The number of nitrogens with zero attached hydrogens (tertiary/aromatic N) is 3. The van der Waals surface area contributed by atoms with Crippen molar-refractivity contribution in [3.05, 3.63) is 36.0 Å². The van der Waals surface area contributed by atoms with Crippen LogP contribution in [0.3, 0.4) is 0 Å². The highest BCUT2D eigenvalue weighted by molar-refractivity contribution is 5.70. The summed E-state index contributed by atoms with van der Waals surface area (Å²) >= 11 is 0. The van der Waals surface area contributed by atoms with Crippen LogP contribution in [0.1, 0.15) is 73.6 Å². The molecular formula is C37H63N3O8.